The molecular weight excluding hydrogens is 528 g/mol. The quantitative estimate of drug-likeness (QED) is 0.0956. The molecule has 6 nitrogen and oxygen atoms in total. The van der Waals surface area contributed by atoms with E-state index in [0.29, 0.717) is 58.1 Å². The largest absolute Gasteiger partial charge is 0.513 e. The van der Waals surface area contributed by atoms with E-state index in [1.54, 1.807) is 0 Å². The fourth-order valence-corrected chi connectivity index (χ4v) is 5.30. The molecule has 0 aliphatic carbocycles. The number of unbranched alkanes of at least 4 members (excludes halogenated alkanes) is 2. The Morgan fingerprint density at radius 2 is 1.00 bits per heavy atom. The van der Waals surface area contributed by atoms with Crippen molar-refractivity contribution in [2.24, 2.45) is 11.8 Å². The van der Waals surface area contributed by atoms with E-state index in [1.807, 2.05) is 36.4 Å². The van der Waals surface area contributed by atoms with E-state index < -0.39 is 12.3 Å². The molecule has 0 saturated carbocycles. The molecule has 6 heteroatoms. The van der Waals surface area contributed by atoms with Gasteiger partial charge in [-0.15, -0.1) is 0 Å². The summed E-state index contributed by atoms with van der Waals surface area (Å²) in [4.78, 5) is 26.1. The second-order valence-electron chi connectivity index (χ2n) is 11.3. The minimum atomic E-state index is -0.725. The molecule has 0 aliphatic rings. The molecule has 0 aliphatic heterocycles. The molecule has 0 heterocycles. The molecule has 0 saturated heterocycles. The highest BCUT2D eigenvalue weighted by Gasteiger charge is 2.23. The minimum Gasteiger partial charge on any atom is -0.434 e. The molecule has 0 radical (unpaired) electrons. The van der Waals surface area contributed by atoms with Gasteiger partial charge in [0.2, 0.25) is 0 Å². The van der Waals surface area contributed by atoms with E-state index in [2.05, 4.69) is 41.5 Å². The van der Waals surface area contributed by atoms with E-state index in [4.69, 9.17) is 18.9 Å². The SMILES string of the molecule is CCCCC(CC)COC(=O)Oc1c2ccc(CC)cc2c(OC(=O)OCC(CC)CCCC)c2cc(CC)ccc12. The van der Waals surface area contributed by atoms with Crippen molar-refractivity contribution in [3.63, 3.8) is 0 Å². The second kappa shape index (κ2) is 17.0. The molecule has 2 atom stereocenters. The summed E-state index contributed by atoms with van der Waals surface area (Å²) in [6.07, 6.45) is 8.51. The lowest BCUT2D eigenvalue weighted by Crippen LogP contribution is -2.18. The van der Waals surface area contributed by atoms with Crippen LogP contribution < -0.4 is 9.47 Å². The van der Waals surface area contributed by atoms with Gasteiger partial charge in [-0.05, 0) is 60.8 Å². The average molecular weight is 579 g/mol. The normalized spacial score (nSPS) is 12.7. The van der Waals surface area contributed by atoms with Crippen LogP contribution in [0.4, 0.5) is 9.59 Å². The van der Waals surface area contributed by atoms with E-state index in [0.717, 1.165) is 75.3 Å². The Morgan fingerprint density at radius 1 is 0.595 bits per heavy atom. The van der Waals surface area contributed by atoms with Gasteiger partial charge >= 0.3 is 12.3 Å². The third-order valence-corrected chi connectivity index (χ3v) is 8.29. The molecule has 0 bridgehead atoms. The van der Waals surface area contributed by atoms with Gasteiger partial charge in [-0.1, -0.05) is 104 Å². The highest BCUT2D eigenvalue weighted by molar-refractivity contribution is 6.12. The number of carbonyl (C=O) groups excluding carboxylic acids is 2. The van der Waals surface area contributed by atoms with Crippen molar-refractivity contribution in [1.82, 2.24) is 0 Å². The van der Waals surface area contributed by atoms with Crippen LogP contribution >= 0.6 is 0 Å². The Bertz CT molecular complexity index is 1250. The van der Waals surface area contributed by atoms with Crippen molar-refractivity contribution < 1.29 is 28.5 Å². The minimum absolute atomic E-state index is 0.306. The number of fused-ring (bicyclic) bond motifs is 2. The molecule has 0 N–H and O–H groups in total. The van der Waals surface area contributed by atoms with Crippen molar-refractivity contribution in [2.75, 3.05) is 13.2 Å². The number of hydrogen-bond acceptors (Lipinski definition) is 6. The first-order chi connectivity index (χ1) is 20.4. The van der Waals surface area contributed by atoms with E-state index >= 15 is 0 Å². The van der Waals surface area contributed by atoms with Crippen molar-refractivity contribution in [2.45, 2.75) is 106 Å². The van der Waals surface area contributed by atoms with Crippen molar-refractivity contribution in [3.05, 3.63) is 47.5 Å². The Balaban J connectivity index is 2.01. The molecule has 42 heavy (non-hydrogen) atoms. The van der Waals surface area contributed by atoms with Gasteiger partial charge in [-0.3, -0.25) is 0 Å². The molecule has 0 spiro atoms. The first-order valence-corrected chi connectivity index (χ1v) is 16.1. The molecule has 3 aromatic carbocycles. The summed E-state index contributed by atoms with van der Waals surface area (Å²) >= 11 is 0. The number of hydrogen-bond donors (Lipinski definition) is 0. The van der Waals surface area contributed by atoms with Crippen LogP contribution in [0.3, 0.4) is 0 Å². The van der Waals surface area contributed by atoms with Crippen molar-refractivity contribution in [1.29, 1.82) is 0 Å². The summed E-state index contributed by atoms with van der Waals surface area (Å²) in [5.41, 5.74) is 2.15. The van der Waals surface area contributed by atoms with Crippen LogP contribution in [-0.4, -0.2) is 25.5 Å². The van der Waals surface area contributed by atoms with Crippen LogP contribution in [0.1, 0.15) is 104 Å². The van der Waals surface area contributed by atoms with Crippen LogP contribution in [0.15, 0.2) is 36.4 Å². The van der Waals surface area contributed by atoms with Gasteiger partial charge in [0.15, 0.2) is 0 Å². The predicted octanol–water partition coefficient (Wildman–Crippen LogP) is 10.6. The van der Waals surface area contributed by atoms with Crippen LogP contribution in [0.2, 0.25) is 0 Å². The first-order valence-electron chi connectivity index (χ1n) is 16.1. The highest BCUT2D eigenvalue weighted by Crippen LogP contribution is 2.44. The summed E-state index contributed by atoms with van der Waals surface area (Å²) in [5, 5.41) is 2.75. The van der Waals surface area contributed by atoms with Gasteiger partial charge in [0.05, 0.1) is 13.2 Å². The fourth-order valence-electron chi connectivity index (χ4n) is 5.30. The third kappa shape index (κ3) is 8.86. The zero-order valence-electron chi connectivity index (χ0n) is 26.6. The van der Waals surface area contributed by atoms with Gasteiger partial charge in [-0.25, -0.2) is 9.59 Å². The predicted molar refractivity (Wildman–Crippen MR) is 171 cm³/mol. The van der Waals surface area contributed by atoms with Gasteiger partial charge < -0.3 is 18.9 Å². The monoisotopic (exact) mass is 578 g/mol. The lowest BCUT2D eigenvalue weighted by Gasteiger charge is -2.19. The molecule has 2 unspecified atom stereocenters. The maximum atomic E-state index is 13.1. The van der Waals surface area contributed by atoms with Crippen LogP contribution in [0.25, 0.3) is 21.5 Å². The molecule has 3 aromatic rings. The van der Waals surface area contributed by atoms with Gasteiger partial charge in [0.1, 0.15) is 11.5 Å². The summed E-state index contributed by atoms with van der Waals surface area (Å²) in [6.45, 7) is 13.4. The summed E-state index contributed by atoms with van der Waals surface area (Å²) in [5.74, 6) is 1.44. The summed E-state index contributed by atoms with van der Waals surface area (Å²) < 4.78 is 23.2. The number of benzene rings is 3. The Hall–Kier alpha value is -3.28. The van der Waals surface area contributed by atoms with Crippen molar-refractivity contribution >= 4 is 33.9 Å². The van der Waals surface area contributed by atoms with Gasteiger partial charge in [0.25, 0.3) is 0 Å². The third-order valence-electron chi connectivity index (χ3n) is 8.29. The maximum absolute atomic E-state index is 13.1. The van der Waals surface area contributed by atoms with E-state index in [-0.39, 0.29) is 0 Å². The number of carbonyl (C=O) groups is 2. The van der Waals surface area contributed by atoms with Gasteiger partial charge in [-0.2, -0.15) is 0 Å². The Kier molecular flexibility index (Phi) is 13.4. The molecule has 0 amide bonds. The Labute approximate surface area is 252 Å². The van der Waals surface area contributed by atoms with Crippen LogP contribution in [0, 0.1) is 11.8 Å². The number of rotatable bonds is 16. The first kappa shape index (κ1) is 33.2. The van der Waals surface area contributed by atoms with E-state index in [1.165, 1.54) is 0 Å². The van der Waals surface area contributed by atoms with E-state index in [9.17, 15) is 9.59 Å². The molecule has 3 rings (SSSR count). The average Bonchev–Trinajstić information content (AvgIpc) is 3.02. The molecular formula is C36H50O6. The number of aryl methyl sites for hydroxylation is 2. The fraction of sp³-hybridized carbons (Fsp3) is 0.556. The molecule has 230 valence electrons. The van der Waals surface area contributed by atoms with Crippen molar-refractivity contribution in [3.8, 4) is 11.5 Å². The van der Waals surface area contributed by atoms with Crippen LogP contribution in [-0.2, 0) is 22.3 Å². The zero-order valence-corrected chi connectivity index (χ0v) is 26.6. The number of ether oxygens (including phenoxy) is 4. The maximum Gasteiger partial charge on any atom is 0.513 e. The Morgan fingerprint density at radius 3 is 1.36 bits per heavy atom. The highest BCUT2D eigenvalue weighted by atomic mass is 16.7. The lowest BCUT2D eigenvalue weighted by molar-refractivity contribution is 0.0805. The van der Waals surface area contributed by atoms with Gasteiger partial charge in [0, 0.05) is 21.5 Å². The molecule has 0 fully saturated rings. The molecule has 0 aromatic heterocycles. The zero-order chi connectivity index (χ0) is 30.5. The summed E-state index contributed by atoms with van der Waals surface area (Å²) in [6, 6.07) is 11.9. The second-order valence-corrected chi connectivity index (χ2v) is 11.3. The smallest absolute Gasteiger partial charge is 0.434 e. The topological polar surface area (TPSA) is 71.1 Å². The summed E-state index contributed by atoms with van der Waals surface area (Å²) in [7, 11) is 0. The standard InChI is InChI=1S/C36H50O6/c1-7-13-15-27(11-5)23-39-35(37)41-33-29-19-17-25(9-3)21-31(29)34(32-22-26(10-4)18-20-30(32)33)42-36(38)40-24-28(12-6)16-14-8-2/h17-22,27-28H,7-16,23-24H2,1-6H3. The van der Waals surface area contributed by atoms with Crippen LogP contribution in [0.5, 0.6) is 11.5 Å². The lowest BCUT2D eigenvalue weighted by atomic mass is 9.96.